The molecule has 1 aromatic carbocycles. The molecule has 1 atom stereocenters. The second kappa shape index (κ2) is 7.57. The van der Waals surface area contributed by atoms with E-state index in [0.717, 1.165) is 6.07 Å². The van der Waals surface area contributed by atoms with Gasteiger partial charge in [0, 0.05) is 6.54 Å². The number of halogens is 1. The molecule has 0 spiro atoms. The topological polar surface area (TPSA) is 102 Å². The summed E-state index contributed by atoms with van der Waals surface area (Å²) in [6.07, 6.45) is -0.993. The van der Waals surface area contributed by atoms with Crippen LogP contribution in [0.1, 0.15) is 24.2 Å². The molecule has 7 nitrogen and oxygen atoms in total. The number of rotatable bonds is 6. The summed E-state index contributed by atoms with van der Waals surface area (Å²) in [5.41, 5.74) is -0.0191. The molecule has 0 aliphatic carbocycles. The van der Waals surface area contributed by atoms with E-state index in [4.69, 9.17) is 16.3 Å². The Bertz CT molecular complexity index is 675. The van der Waals surface area contributed by atoms with Crippen LogP contribution in [0, 0.1) is 0 Å². The minimum Gasteiger partial charge on any atom is -0.449 e. The third-order valence-corrected chi connectivity index (χ3v) is 4.63. The molecule has 22 heavy (non-hydrogen) atoms. The van der Waals surface area contributed by atoms with Crippen molar-refractivity contribution in [3.05, 3.63) is 28.8 Å². The zero-order valence-electron chi connectivity index (χ0n) is 12.3. The van der Waals surface area contributed by atoms with Crippen molar-refractivity contribution in [1.82, 2.24) is 10.0 Å². The summed E-state index contributed by atoms with van der Waals surface area (Å²) in [7, 11) is -2.58. The maximum absolute atomic E-state index is 12.0. The molecule has 122 valence electrons. The summed E-state index contributed by atoms with van der Waals surface area (Å²) >= 11 is 5.83. The average Bonchev–Trinajstić information content (AvgIpc) is 2.47. The molecule has 0 saturated heterocycles. The zero-order chi connectivity index (χ0) is 16.9. The van der Waals surface area contributed by atoms with E-state index in [0.29, 0.717) is 6.54 Å². The zero-order valence-corrected chi connectivity index (χ0v) is 13.9. The van der Waals surface area contributed by atoms with Crippen molar-refractivity contribution in [2.24, 2.45) is 0 Å². The second-order valence-electron chi connectivity index (χ2n) is 4.29. The van der Waals surface area contributed by atoms with Gasteiger partial charge in [0.2, 0.25) is 10.0 Å². The molecular weight excluding hydrogens is 332 g/mol. The van der Waals surface area contributed by atoms with Gasteiger partial charge in [0.1, 0.15) is 4.90 Å². The molecular formula is C13H17ClN2O5S. The number of hydrogen-bond donors (Lipinski definition) is 2. The first-order valence-corrected chi connectivity index (χ1v) is 8.30. The highest BCUT2D eigenvalue weighted by molar-refractivity contribution is 7.89. The summed E-state index contributed by atoms with van der Waals surface area (Å²) in [5, 5.41) is 2.49. The first kappa shape index (κ1) is 18.4. The quantitative estimate of drug-likeness (QED) is 0.745. The van der Waals surface area contributed by atoms with Gasteiger partial charge in [0.15, 0.2) is 6.10 Å². The van der Waals surface area contributed by atoms with Crippen molar-refractivity contribution >= 4 is 33.5 Å². The summed E-state index contributed by atoms with van der Waals surface area (Å²) in [6, 6.07) is 3.70. The summed E-state index contributed by atoms with van der Waals surface area (Å²) in [6.45, 7) is 3.57. The Labute approximate surface area is 134 Å². The first-order chi connectivity index (χ1) is 10.2. The predicted octanol–water partition coefficient (Wildman–Crippen LogP) is 0.929. The summed E-state index contributed by atoms with van der Waals surface area (Å²) in [4.78, 5) is 23.3. The van der Waals surface area contributed by atoms with Crippen LogP contribution in [-0.2, 0) is 19.6 Å². The van der Waals surface area contributed by atoms with Crippen LogP contribution in [0.3, 0.4) is 0 Å². The maximum atomic E-state index is 12.0. The molecule has 0 unspecified atom stereocenters. The van der Waals surface area contributed by atoms with E-state index in [1.807, 2.05) is 0 Å². The van der Waals surface area contributed by atoms with Crippen LogP contribution in [0.2, 0.25) is 5.02 Å². The predicted molar refractivity (Wildman–Crippen MR) is 81.3 cm³/mol. The largest absolute Gasteiger partial charge is 0.449 e. The van der Waals surface area contributed by atoms with Gasteiger partial charge in [0.25, 0.3) is 5.91 Å². The van der Waals surface area contributed by atoms with Crippen LogP contribution < -0.4 is 10.0 Å². The molecule has 0 aliphatic rings. The van der Waals surface area contributed by atoms with Gasteiger partial charge >= 0.3 is 5.97 Å². The highest BCUT2D eigenvalue weighted by atomic mass is 35.5. The number of sulfonamides is 1. The number of benzene rings is 1. The smallest absolute Gasteiger partial charge is 0.338 e. The van der Waals surface area contributed by atoms with Gasteiger partial charge in [-0.25, -0.2) is 17.9 Å². The normalized spacial score (nSPS) is 12.5. The number of nitrogens with one attached hydrogen (secondary N) is 2. The van der Waals surface area contributed by atoms with Crippen LogP contribution >= 0.6 is 11.6 Å². The molecule has 0 bridgehead atoms. The van der Waals surface area contributed by atoms with Gasteiger partial charge in [0.05, 0.1) is 10.6 Å². The van der Waals surface area contributed by atoms with E-state index in [1.165, 1.54) is 26.1 Å². The van der Waals surface area contributed by atoms with Crippen molar-refractivity contribution in [3.8, 4) is 0 Å². The standard InChI is InChI=1S/C13H17ClN2O5S/c1-4-16-12(17)8(2)21-13(18)9-5-6-10(14)11(7-9)22(19,20)15-3/h5-8,15H,4H2,1-3H3,(H,16,17)/t8-/m0/s1. The Hall–Kier alpha value is -1.64. The molecule has 9 heteroatoms. The number of hydrogen-bond acceptors (Lipinski definition) is 5. The number of carbonyl (C=O) groups excluding carboxylic acids is 2. The molecule has 0 fully saturated rings. The fourth-order valence-electron chi connectivity index (χ4n) is 1.55. The van der Waals surface area contributed by atoms with E-state index in [1.54, 1.807) is 6.92 Å². The van der Waals surface area contributed by atoms with E-state index >= 15 is 0 Å². The van der Waals surface area contributed by atoms with E-state index < -0.39 is 28.0 Å². The Morgan fingerprint density at radius 3 is 2.55 bits per heavy atom. The highest BCUT2D eigenvalue weighted by Crippen LogP contribution is 2.23. The first-order valence-electron chi connectivity index (χ1n) is 6.44. The van der Waals surface area contributed by atoms with Crippen molar-refractivity contribution in [1.29, 1.82) is 0 Å². The number of esters is 1. The average molecular weight is 349 g/mol. The van der Waals surface area contributed by atoms with Gasteiger partial charge in [-0.3, -0.25) is 4.79 Å². The number of ether oxygens (including phenoxy) is 1. The van der Waals surface area contributed by atoms with Crippen molar-refractivity contribution < 1.29 is 22.7 Å². The Balaban J connectivity index is 3.01. The third kappa shape index (κ3) is 4.43. The van der Waals surface area contributed by atoms with Crippen LogP contribution in [0.15, 0.2) is 23.1 Å². The van der Waals surface area contributed by atoms with Gasteiger partial charge in [-0.15, -0.1) is 0 Å². The number of carbonyl (C=O) groups is 2. The van der Waals surface area contributed by atoms with Crippen LogP contribution in [0.4, 0.5) is 0 Å². The van der Waals surface area contributed by atoms with Crippen molar-refractivity contribution in [2.45, 2.75) is 24.8 Å². The monoisotopic (exact) mass is 348 g/mol. The SMILES string of the molecule is CCNC(=O)[C@H](C)OC(=O)c1ccc(Cl)c(S(=O)(=O)NC)c1. The van der Waals surface area contributed by atoms with E-state index in [9.17, 15) is 18.0 Å². The molecule has 2 N–H and O–H groups in total. The van der Waals surface area contributed by atoms with Gasteiger partial charge in [-0.1, -0.05) is 11.6 Å². The molecule has 1 aromatic rings. The highest BCUT2D eigenvalue weighted by Gasteiger charge is 2.22. The minimum absolute atomic E-state index is 0.0191. The second-order valence-corrected chi connectivity index (χ2v) is 6.56. The molecule has 0 radical (unpaired) electrons. The molecule has 1 rings (SSSR count). The fourth-order valence-corrected chi connectivity index (χ4v) is 2.80. The van der Waals surface area contributed by atoms with Gasteiger partial charge in [-0.05, 0) is 39.1 Å². The molecule has 1 amide bonds. The fraction of sp³-hybridized carbons (Fsp3) is 0.385. The summed E-state index contributed by atoms with van der Waals surface area (Å²) in [5.74, 6) is -1.25. The van der Waals surface area contributed by atoms with Gasteiger partial charge < -0.3 is 10.1 Å². The Morgan fingerprint density at radius 2 is 2.00 bits per heavy atom. The number of likely N-dealkylation sites (N-methyl/N-ethyl adjacent to an activating group) is 1. The van der Waals surface area contributed by atoms with E-state index in [2.05, 4.69) is 10.0 Å². The Kier molecular flexibility index (Phi) is 6.34. The Morgan fingerprint density at radius 1 is 1.36 bits per heavy atom. The van der Waals surface area contributed by atoms with E-state index in [-0.39, 0.29) is 15.5 Å². The van der Waals surface area contributed by atoms with Gasteiger partial charge in [-0.2, -0.15) is 0 Å². The lowest BCUT2D eigenvalue weighted by Gasteiger charge is -2.13. The maximum Gasteiger partial charge on any atom is 0.338 e. The minimum atomic E-state index is -3.81. The summed E-state index contributed by atoms with van der Waals surface area (Å²) < 4.78 is 30.7. The molecule has 0 saturated carbocycles. The van der Waals surface area contributed by atoms with Crippen LogP contribution in [0.25, 0.3) is 0 Å². The molecule has 0 aromatic heterocycles. The lowest BCUT2D eigenvalue weighted by Crippen LogP contribution is -2.35. The third-order valence-electron chi connectivity index (χ3n) is 2.73. The molecule has 0 aliphatic heterocycles. The van der Waals surface area contributed by atoms with Crippen molar-refractivity contribution in [2.75, 3.05) is 13.6 Å². The van der Waals surface area contributed by atoms with Crippen LogP contribution in [0.5, 0.6) is 0 Å². The lowest BCUT2D eigenvalue weighted by molar-refractivity contribution is -0.128. The van der Waals surface area contributed by atoms with Crippen LogP contribution in [-0.4, -0.2) is 40.0 Å². The molecule has 0 heterocycles. The number of amides is 1. The lowest BCUT2D eigenvalue weighted by atomic mass is 10.2. The van der Waals surface area contributed by atoms with Crippen molar-refractivity contribution in [3.63, 3.8) is 0 Å².